The Morgan fingerprint density at radius 3 is 2.21 bits per heavy atom. The summed E-state index contributed by atoms with van der Waals surface area (Å²) >= 11 is 0. The van der Waals surface area contributed by atoms with E-state index in [-0.39, 0.29) is 23.9 Å². The quantitative estimate of drug-likeness (QED) is 0.115. The molecule has 0 spiro atoms. The van der Waals surface area contributed by atoms with Crippen LogP contribution >= 0.6 is 0 Å². The van der Waals surface area contributed by atoms with Crippen LogP contribution in [0.2, 0.25) is 0 Å². The highest BCUT2D eigenvalue weighted by Gasteiger charge is 2.38. The molecule has 5 aromatic rings. The van der Waals surface area contributed by atoms with Crippen LogP contribution in [0.5, 0.6) is 0 Å². The Hall–Kier alpha value is -4.84. The Morgan fingerprint density at radius 2 is 1.43 bits per heavy atom. The summed E-state index contributed by atoms with van der Waals surface area (Å²) in [5, 5.41) is 7.02. The summed E-state index contributed by atoms with van der Waals surface area (Å²) in [6.45, 7) is 11.0. The molecule has 0 unspecified atom stereocenters. The number of anilines is 1. The number of fused-ring (bicyclic) bond motifs is 7. The van der Waals surface area contributed by atoms with Gasteiger partial charge in [0, 0.05) is 74.5 Å². The van der Waals surface area contributed by atoms with Crippen LogP contribution in [0.3, 0.4) is 0 Å². The van der Waals surface area contributed by atoms with Gasteiger partial charge in [-0.05, 0) is 98.7 Å². The summed E-state index contributed by atoms with van der Waals surface area (Å²) in [6.07, 6.45) is 4.59. The molecule has 47 heavy (non-hydrogen) atoms. The van der Waals surface area contributed by atoms with Gasteiger partial charge in [-0.15, -0.1) is 0 Å². The number of allylic oxidation sites excluding steroid dienone is 4. The third-order valence-electron chi connectivity index (χ3n) is 10.7. The van der Waals surface area contributed by atoms with Gasteiger partial charge in [-0.25, -0.2) is 4.99 Å². The second-order valence-corrected chi connectivity index (χ2v) is 14.2. The summed E-state index contributed by atoms with van der Waals surface area (Å²) in [5.41, 5.74) is 6.99. The van der Waals surface area contributed by atoms with Crippen molar-refractivity contribution in [2.24, 2.45) is 10.4 Å². The van der Waals surface area contributed by atoms with Crippen molar-refractivity contribution in [3.05, 3.63) is 93.4 Å². The smallest absolute Gasteiger partial charge is 0.247 e. The molecule has 0 bridgehead atoms. The van der Waals surface area contributed by atoms with E-state index >= 15 is 0 Å². The number of nitrogens with zero attached hydrogens (tertiary/aromatic N) is 2. The minimum atomic E-state index is -0.842. The van der Waals surface area contributed by atoms with Gasteiger partial charge >= 0.3 is 0 Å². The molecular formula is C41H38N2O4. The molecule has 1 aliphatic carbocycles. The average molecular weight is 623 g/mol. The summed E-state index contributed by atoms with van der Waals surface area (Å²) in [5.74, 6) is -0.643. The van der Waals surface area contributed by atoms with Gasteiger partial charge in [0.1, 0.15) is 11.2 Å². The number of aryl methyl sites for hydroxylation is 2. The van der Waals surface area contributed by atoms with E-state index in [0.29, 0.717) is 27.6 Å². The molecular weight excluding hydrogens is 584 g/mol. The molecule has 3 aliphatic rings. The second-order valence-electron chi connectivity index (χ2n) is 14.2. The minimum Gasteiger partial charge on any atom is -0.455 e. The maximum atomic E-state index is 13.3. The molecule has 8 rings (SSSR count). The van der Waals surface area contributed by atoms with Crippen molar-refractivity contribution in [3.63, 3.8) is 0 Å². The Labute approximate surface area is 273 Å². The summed E-state index contributed by atoms with van der Waals surface area (Å²) < 4.78 is 6.83. The first-order chi connectivity index (χ1) is 22.5. The molecule has 0 fully saturated rings. The molecule has 3 heterocycles. The van der Waals surface area contributed by atoms with Crippen LogP contribution in [-0.4, -0.2) is 30.6 Å². The number of amides is 1. The largest absolute Gasteiger partial charge is 0.455 e. The van der Waals surface area contributed by atoms with Gasteiger partial charge in [0.25, 0.3) is 0 Å². The normalized spacial score (nSPS) is 17.6. The molecule has 6 nitrogen and oxygen atoms in total. The van der Waals surface area contributed by atoms with Gasteiger partial charge in [0.2, 0.25) is 5.91 Å². The number of hydrogen-bond donors (Lipinski definition) is 0. The van der Waals surface area contributed by atoms with Crippen LogP contribution < -0.4 is 10.3 Å². The van der Waals surface area contributed by atoms with E-state index in [9.17, 15) is 14.4 Å². The van der Waals surface area contributed by atoms with Gasteiger partial charge < -0.3 is 9.32 Å². The number of benzene rings is 4. The van der Waals surface area contributed by atoms with Crippen molar-refractivity contribution in [3.8, 4) is 0 Å². The zero-order valence-electron chi connectivity index (χ0n) is 27.7. The molecule has 0 atom stereocenters. The van der Waals surface area contributed by atoms with E-state index in [1.165, 1.54) is 40.4 Å². The van der Waals surface area contributed by atoms with E-state index in [1.54, 1.807) is 20.8 Å². The van der Waals surface area contributed by atoms with Crippen LogP contribution in [0.4, 0.5) is 5.69 Å². The van der Waals surface area contributed by atoms with Crippen LogP contribution in [0, 0.1) is 5.41 Å². The Balaban J connectivity index is 1.18. The lowest BCUT2D eigenvalue weighted by Crippen LogP contribution is -2.34. The first kappa shape index (κ1) is 29.6. The molecule has 0 saturated heterocycles. The number of carbonyl (C=O) groups is 3. The summed E-state index contributed by atoms with van der Waals surface area (Å²) in [6, 6.07) is 18.9. The van der Waals surface area contributed by atoms with Crippen molar-refractivity contribution >= 4 is 66.6 Å². The average Bonchev–Trinajstić information content (AvgIpc) is 3.05. The summed E-state index contributed by atoms with van der Waals surface area (Å²) in [7, 11) is 0. The Bertz CT molecular complexity index is 2400. The molecule has 1 aromatic heterocycles. The highest BCUT2D eigenvalue weighted by atomic mass is 16.3. The van der Waals surface area contributed by atoms with E-state index in [1.807, 2.05) is 38.1 Å². The number of carbonyl (C=O) groups excluding carboxylic acids is 3. The van der Waals surface area contributed by atoms with E-state index in [0.717, 1.165) is 58.6 Å². The SMILES string of the molecule is CC1=C(C)C(=O)C(C(C)(C)CC(=O)N=c2ccc3c(ccc4cc5ccc6c7c8c(cc6c5oc43)CCCN8CCC7)c2)=C(C)C1=O. The van der Waals surface area contributed by atoms with Gasteiger partial charge in [0.05, 0.1) is 5.36 Å². The lowest BCUT2D eigenvalue weighted by atomic mass is 9.71. The fourth-order valence-corrected chi connectivity index (χ4v) is 8.32. The molecule has 0 saturated carbocycles. The highest BCUT2D eigenvalue weighted by molar-refractivity contribution is 6.25. The van der Waals surface area contributed by atoms with Crippen LogP contribution in [0.15, 0.2) is 86.3 Å². The topological polar surface area (TPSA) is 80.0 Å². The van der Waals surface area contributed by atoms with Gasteiger partial charge in [0.15, 0.2) is 11.6 Å². The summed E-state index contributed by atoms with van der Waals surface area (Å²) in [4.78, 5) is 46.3. The number of ketones is 2. The van der Waals surface area contributed by atoms with Gasteiger partial charge in [-0.3, -0.25) is 14.4 Å². The van der Waals surface area contributed by atoms with Gasteiger partial charge in [-0.1, -0.05) is 38.1 Å². The van der Waals surface area contributed by atoms with Crippen molar-refractivity contribution in [2.75, 3.05) is 18.0 Å². The zero-order chi connectivity index (χ0) is 32.8. The maximum absolute atomic E-state index is 13.3. The van der Waals surface area contributed by atoms with Crippen molar-refractivity contribution in [2.45, 2.75) is 66.7 Å². The molecule has 2 aliphatic heterocycles. The predicted molar refractivity (Wildman–Crippen MR) is 188 cm³/mol. The van der Waals surface area contributed by atoms with Crippen LogP contribution in [-0.2, 0) is 27.2 Å². The van der Waals surface area contributed by atoms with E-state index < -0.39 is 5.41 Å². The van der Waals surface area contributed by atoms with Gasteiger partial charge in [-0.2, -0.15) is 0 Å². The number of hydrogen-bond acceptors (Lipinski definition) is 5. The monoisotopic (exact) mass is 622 g/mol. The molecule has 236 valence electrons. The lowest BCUT2D eigenvalue weighted by molar-refractivity contribution is -0.120. The van der Waals surface area contributed by atoms with Crippen molar-refractivity contribution in [1.82, 2.24) is 0 Å². The predicted octanol–water partition coefficient (Wildman–Crippen LogP) is 8.24. The van der Waals surface area contributed by atoms with Crippen LogP contribution in [0.1, 0.15) is 65.0 Å². The fourth-order valence-electron chi connectivity index (χ4n) is 8.32. The maximum Gasteiger partial charge on any atom is 0.247 e. The Morgan fingerprint density at radius 1 is 0.766 bits per heavy atom. The van der Waals surface area contributed by atoms with Crippen molar-refractivity contribution in [1.29, 1.82) is 0 Å². The highest BCUT2D eigenvalue weighted by Crippen LogP contribution is 2.43. The van der Waals surface area contributed by atoms with Crippen molar-refractivity contribution < 1.29 is 18.8 Å². The first-order valence-corrected chi connectivity index (χ1v) is 16.7. The Kier molecular flexibility index (Phi) is 6.66. The number of rotatable bonds is 3. The fraction of sp³-hybridized carbons (Fsp3) is 0.317. The third-order valence-corrected chi connectivity index (χ3v) is 10.7. The van der Waals surface area contributed by atoms with E-state index in [2.05, 4.69) is 40.2 Å². The first-order valence-electron chi connectivity index (χ1n) is 16.7. The molecule has 0 radical (unpaired) electrons. The molecule has 6 heteroatoms. The molecule has 1 amide bonds. The number of Topliss-reactive ketones (excluding diaryl/α,β-unsaturated/α-hetero) is 2. The standard InChI is InChI=1S/C41H38N2O4/c1-22-23(2)38(46)35(24(3)37(22)45)41(4,5)21-34(44)42-29-13-15-30-25(19-29)10-11-27-18-28-12-14-31-32-9-7-17-43-16-6-8-26(36(32)43)20-33(31)40(28)47-39(27)30/h10-15,18-20H,6-9,16-17,21H2,1-5H3. The van der Waals surface area contributed by atoms with Crippen LogP contribution in [0.25, 0.3) is 43.5 Å². The third kappa shape index (κ3) is 4.60. The minimum absolute atomic E-state index is 0.0125. The molecule has 4 aromatic carbocycles. The molecule has 0 N–H and O–H groups in total. The lowest BCUT2D eigenvalue weighted by Gasteiger charge is -2.37. The zero-order valence-corrected chi connectivity index (χ0v) is 27.7. The second kappa shape index (κ2) is 10.6. The van der Waals surface area contributed by atoms with E-state index in [4.69, 9.17) is 4.42 Å².